The van der Waals surface area contributed by atoms with Gasteiger partial charge in [0.25, 0.3) is 0 Å². The minimum Gasteiger partial charge on any atom is -0.488 e. The van der Waals surface area contributed by atoms with E-state index in [-0.39, 0.29) is 5.11 Å². The number of halogens is 2. The van der Waals surface area contributed by atoms with Gasteiger partial charge in [0.05, 0.1) is 6.21 Å². The highest BCUT2D eigenvalue weighted by atomic mass is 79.9. The lowest BCUT2D eigenvalue weighted by Gasteiger charge is -2.10. The van der Waals surface area contributed by atoms with Crippen LogP contribution in [0.15, 0.2) is 52.0 Å². The largest absolute Gasteiger partial charge is 0.488 e. The fourth-order valence-corrected chi connectivity index (χ4v) is 2.35. The summed E-state index contributed by atoms with van der Waals surface area (Å²) in [7, 11) is 0. The first kappa shape index (κ1) is 16.7. The number of nitrogens with zero attached hydrogens (tertiary/aromatic N) is 1. The van der Waals surface area contributed by atoms with Crippen molar-refractivity contribution in [2.45, 2.75) is 6.61 Å². The molecule has 0 saturated heterocycles. The van der Waals surface area contributed by atoms with Crippen LogP contribution in [0.2, 0.25) is 5.02 Å². The Morgan fingerprint density at radius 3 is 2.91 bits per heavy atom. The number of hydrogen-bond donors (Lipinski definition) is 2. The van der Waals surface area contributed by atoms with Crippen molar-refractivity contribution >= 4 is 51.1 Å². The van der Waals surface area contributed by atoms with E-state index in [1.807, 2.05) is 42.5 Å². The summed E-state index contributed by atoms with van der Waals surface area (Å²) in [6.45, 7) is 0.408. The second kappa shape index (κ2) is 8.12. The molecule has 2 aromatic rings. The minimum atomic E-state index is 0.104. The van der Waals surface area contributed by atoms with Gasteiger partial charge in [-0.05, 0) is 48.1 Å². The summed E-state index contributed by atoms with van der Waals surface area (Å²) in [4.78, 5) is 0. The van der Waals surface area contributed by atoms with Crippen LogP contribution in [0, 0.1) is 0 Å². The summed E-state index contributed by atoms with van der Waals surface area (Å²) in [5.74, 6) is 0.691. The van der Waals surface area contributed by atoms with E-state index in [2.05, 4.69) is 26.5 Å². The van der Waals surface area contributed by atoms with E-state index in [0.29, 0.717) is 17.4 Å². The average molecular weight is 399 g/mol. The average Bonchev–Trinajstić information content (AvgIpc) is 2.46. The third kappa shape index (κ3) is 5.29. The Morgan fingerprint density at radius 1 is 1.36 bits per heavy atom. The molecule has 0 atom stereocenters. The van der Waals surface area contributed by atoms with Gasteiger partial charge in [0.15, 0.2) is 5.11 Å². The van der Waals surface area contributed by atoms with Crippen molar-refractivity contribution in [3.05, 3.63) is 63.1 Å². The predicted octanol–water partition coefficient (Wildman–Crippen LogP) is 3.85. The zero-order chi connectivity index (χ0) is 15.9. The number of benzene rings is 2. The molecule has 114 valence electrons. The molecule has 0 aliphatic rings. The molecule has 7 heteroatoms. The lowest BCUT2D eigenvalue weighted by Crippen LogP contribution is -2.24. The number of nitrogens with two attached hydrogens (primary N) is 1. The lowest BCUT2D eigenvalue weighted by atomic mass is 10.2. The van der Waals surface area contributed by atoms with Crippen LogP contribution in [0.3, 0.4) is 0 Å². The molecule has 0 aliphatic carbocycles. The molecule has 0 radical (unpaired) electrons. The molecule has 22 heavy (non-hydrogen) atoms. The molecule has 0 spiro atoms. The predicted molar refractivity (Wildman–Crippen MR) is 97.4 cm³/mol. The van der Waals surface area contributed by atoms with Crippen molar-refractivity contribution in [3.63, 3.8) is 0 Å². The van der Waals surface area contributed by atoms with Crippen LogP contribution in [0.4, 0.5) is 0 Å². The van der Waals surface area contributed by atoms with Crippen LogP contribution >= 0.6 is 39.7 Å². The highest BCUT2D eigenvalue weighted by molar-refractivity contribution is 9.10. The molecular formula is C15H13BrClN3OS. The summed E-state index contributed by atoms with van der Waals surface area (Å²) < 4.78 is 6.74. The van der Waals surface area contributed by atoms with Crippen molar-refractivity contribution in [2.75, 3.05) is 0 Å². The third-order valence-electron chi connectivity index (χ3n) is 2.63. The number of hydrogen-bond acceptors (Lipinski definition) is 3. The number of hydrazone groups is 1. The van der Waals surface area contributed by atoms with E-state index < -0.39 is 0 Å². The fourth-order valence-electron chi connectivity index (χ4n) is 1.70. The molecule has 0 bridgehead atoms. The topological polar surface area (TPSA) is 59.6 Å². The van der Waals surface area contributed by atoms with Gasteiger partial charge < -0.3 is 10.5 Å². The van der Waals surface area contributed by atoms with Crippen molar-refractivity contribution in [3.8, 4) is 5.75 Å². The van der Waals surface area contributed by atoms with Crippen molar-refractivity contribution in [1.82, 2.24) is 5.43 Å². The Kier molecular flexibility index (Phi) is 6.18. The fraction of sp³-hybridized carbons (Fsp3) is 0.0667. The number of nitrogens with one attached hydrogen (secondary N) is 1. The standard InChI is InChI=1S/C15H13BrClN3OS/c16-12-4-5-14(11(7-12)8-19-20-15(18)22)21-9-10-2-1-3-13(17)6-10/h1-8H,9H2,(H3,18,20,22). The Balaban J connectivity index is 2.12. The van der Waals surface area contributed by atoms with Crippen molar-refractivity contribution in [2.24, 2.45) is 10.8 Å². The van der Waals surface area contributed by atoms with Gasteiger partial charge in [-0.25, -0.2) is 0 Å². The number of thiocarbonyl (C=S) groups is 1. The molecular weight excluding hydrogens is 386 g/mol. The summed E-state index contributed by atoms with van der Waals surface area (Å²) in [5, 5.41) is 4.73. The van der Waals surface area contributed by atoms with Crippen LogP contribution in [0.1, 0.15) is 11.1 Å². The van der Waals surface area contributed by atoms with Gasteiger partial charge in [0.2, 0.25) is 0 Å². The molecule has 0 aliphatic heterocycles. The second-order valence-electron chi connectivity index (χ2n) is 4.33. The van der Waals surface area contributed by atoms with E-state index in [0.717, 1.165) is 15.6 Å². The molecule has 0 amide bonds. The van der Waals surface area contributed by atoms with Crippen LogP contribution in [-0.4, -0.2) is 11.3 Å². The van der Waals surface area contributed by atoms with Gasteiger partial charge in [0, 0.05) is 15.1 Å². The first-order chi connectivity index (χ1) is 10.5. The first-order valence-electron chi connectivity index (χ1n) is 6.30. The van der Waals surface area contributed by atoms with Gasteiger partial charge >= 0.3 is 0 Å². The van der Waals surface area contributed by atoms with Crippen molar-refractivity contribution in [1.29, 1.82) is 0 Å². The van der Waals surface area contributed by atoms with Crippen LogP contribution in [-0.2, 0) is 6.61 Å². The van der Waals surface area contributed by atoms with E-state index in [9.17, 15) is 0 Å². The highest BCUT2D eigenvalue weighted by Crippen LogP contribution is 2.23. The van der Waals surface area contributed by atoms with Gasteiger partial charge in [-0.3, -0.25) is 5.43 Å². The highest BCUT2D eigenvalue weighted by Gasteiger charge is 2.04. The van der Waals surface area contributed by atoms with Crippen LogP contribution in [0.25, 0.3) is 0 Å². The van der Waals surface area contributed by atoms with E-state index in [1.165, 1.54) is 0 Å². The molecule has 0 saturated carbocycles. The van der Waals surface area contributed by atoms with Crippen molar-refractivity contribution < 1.29 is 4.74 Å². The van der Waals surface area contributed by atoms with Gasteiger partial charge in [-0.1, -0.05) is 39.7 Å². The van der Waals surface area contributed by atoms with Crippen LogP contribution < -0.4 is 15.9 Å². The van der Waals surface area contributed by atoms with E-state index in [1.54, 1.807) is 6.21 Å². The SMILES string of the molecule is NC(=S)NN=Cc1cc(Br)ccc1OCc1cccc(Cl)c1. The van der Waals surface area contributed by atoms with Gasteiger partial charge in [-0.15, -0.1) is 0 Å². The first-order valence-corrected chi connectivity index (χ1v) is 7.88. The second-order valence-corrected chi connectivity index (χ2v) is 6.13. The number of rotatable bonds is 5. The molecule has 0 heterocycles. The van der Waals surface area contributed by atoms with E-state index >= 15 is 0 Å². The Morgan fingerprint density at radius 2 is 2.18 bits per heavy atom. The summed E-state index contributed by atoms with van der Waals surface area (Å²) >= 11 is 14.1. The molecule has 2 aromatic carbocycles. The van der Waals surface area contributed by atoms with Gasteiger partial charge in [0.1, 0.15) is 12.4 Å². The molecule has 0 unspecified atom stereocenters. The zero-order valence-corrected chi connectivity index (χ0v) is 14.6. The van der Waals surface area contributed by atoms with E-state index in [4.69, 9.17) is 34.3 Å². The summed E-state index contributed by atoms with van der Waals surface area (Å²) in [6.07, 6.45) is 1.59. The quantitative estimate of drug-likeness (QED) is 0.456. The normalized spacial score (nSPS) is 10.6. The molecule has 3 N–H and O–H groups in total. The number of ether oxygens (including phenoxy) is 1. The lowest BCUT2D eigenvalue weighted by molar-refractivity contribution is 0.306. The Bertz CT molecular complexity index is 709. The molecule has 0 aromatic heterocycles. The zero-order valence-electron chi connectivity index (χ0n) is 11.4. The summed E-state index contributed by atoms with van der Waals surface area (Å²) in [6, 6.07) is 13.2. The summed E-state index contributed by atoms with van der Waals surface area (Å²) in [5.41, 5.74) is 9.62. The third-order valence-corrected chi connectivity index (χ3v) is 3.45. The maximum atomic E-state index is 5.96. The minimum absolute atomic E-state index is 0.104. The smallest absolute Gasteiger partial charge is 0.184 e. The Hall–Kier alpha value is -1.63. The maximum Gasteiger partial charge on any atom is 0.184 e. The Labute approximate surface area is 147 Å². The van der Waals surface area contributed by atoms with Gasteiger partial charge in [-0.2, -0.15) is 5.10 Å². The monoisotopic (exact) mass is 397 g/mol. The maximum absolute atomic E-state index is 5.96. The molecule has 4 nitrogen and oxygen atoms in total. The van der Waals surface area contributed by atoms with Crippen LogP contribution in [0.5, 0.6) is 5.75 Å². The molecule has 2 rings (SSSR count). The molecule has 0 fully saturated rings.